The number of carboxylic acid groups (broad SMARTS) is 1. The molecule has 0 saturated heterocycles. The van der Waals surface area contributed by atoms with E-state index in [1.807, 2.05) is 0 Å². The highest BCUT2D eigenvalue weighted by Gasteiger charge is 2.19. The number of carboxylic acids is 1. The number of rotatable bonds is 5. The fourth-order valence-corrected chi connectivity index (χ4v) is 1.82. The van der Waals surface area contributed by atoms with Gasteiger partial charge in [0.2, 0.25) is 0 Å². The second kappa shape index (κ2) is 6.15. The highest BCUT2D eigenvalue weighted by molar-refractivity contribution is 6.14. The van der Waals surface area contributed by atoms with E-state index in [-0.39, 0.29) is 22.4 Å². The molecule has 5 nitrogen and oxygen atoms in total. The van der Waals surface area contributed by atoms with Crippen LogP contribution in [0.2, 0.25) is 0 Å². The van der Waals surface area contributed by atoms with Crippen molar-refractivity contribution in [3.8, 4) is 5.75 Å². The summed E-state index contributed by atoms with van der Waals surface area (Å²) in [6.45, 7) is -0.607. The van der Waals surface area contributed by atoms with Crippen LogP contribution in [0.25, 0.3) is 0 Å². The van der Waals surface area contributed by atoms with Gasteiger partial charge < -0.3 is 14.9 Å². The molecule has 0 saturated carbocycles. The van der Waals surface area contributed by atoms with Crippen molar-refractivity contribution in [2.45, 2.75) is 0 Å². The van der Waals surface area contributed by atoms with Gasteiger partial charge in [-0.2, -0.15) is 0 Å². The number of benzene rings is 2. The molecule has 0 radical (unpaired) electrons. The van der Waals surface area contributed by atoms with Crippen LogP contribution < -0.4 is 4.74 Å². The van der Waals surface area contributed by atoms with Gasteiger partial charge in [-0.15, -0.1) is 0 Å². The van der Waals surface area contributed by atoms with Gasteiger partial charge in [-0.1, -0.05) is 0 Å². The van der Waals surface area contributed by atoms with Crippen LogP contribution in [0.4, 0.5) is 4.39 Å². The van der Waals surface area contributed by atoms with Crippen LogP contribution in [-0.4, -0.2) is 28.8 Å². The molecule has 2 aromatic rings. The molecular formula is C15H11FO5. The number of carbonyl (C=O) groups is 2. The maximum Gasteiger partial charge on any atom is 0.336 e. The Hall–Kier alpha value is -2.73. The number of hydrogen-bond acceptors (Lipinski definition) is 4. The summed E-state index contributed by atoms with van der Waals surface area (Å²) in [6.07, 6.45) is 0. The molecule has 0 fully saturated rings. The van der Waals surface area contributed by atoms with E-state index in [0.29, 0.717) is 0 Å². The van der Waals surface area contributed by atoms with Crippen LogP contribution in [-0.2, 0) is 0 Å². The van der Waals surface area contributed by atoms with E-state index in [9.17, 15) is 14.0 Å². The van der Waals surface area contributed by atoms with Crippen molar-refractivity contribution in [2.24, 2.45) is 0 Å². The van der Waals surface area contributed by atoms with E-state index in [1.165, 1.54) is 24.3 Å². The number of aliphatic hydroxyl groups is 1. The molecule has 108 valence electrons. The van der Waals surface area contributed by atoms with Crippen molar-refractivity contribution >= 4 is 11.8 Å². The Kier molecular flexibility index (Phi) is 4.30. The average molecular weight is 290 g/mol. The van der Waals surface area contributed by atoms with Crippen molar-refractivity contribution < 1.29 is 28.9 Å². The summed E-state index contributed by atoms with van der Waals surface area (Å²) in [5, 5.41) is 17.8. The lowest BCUT2D eigenvalue weighted by molar-refractivity contribution is 0.0689. The molecule has 0 atom stereocenters. The van der Waals surface area contributed by atoms with Crippen LogP contribution in [0.3, 0.4) is 0 Å². The number of aromatic carboxylic acids is 1. The van der Waals surface area contributed by atoms with Gasteiger partial charge in [-0.05, 0) is 42.5 Å². The van der Waals surface area contributed by atoms with Crippen LogP contribution in [0.1, 0.15) is 26.3 Å². The predicted octanol–water partition coefficient (Wildman–Crippen LogP) is 2.08. The zero-order chi connectivity index (χ0) is 15.4. The second-order valence-corrected chi connectivity index (χ2v) is 4.12. The first-order valence-electron chi connectivity index (χ1n) is 5.94. The largest absolute Gasteiger partial charge is 0.478 e. The fraction of sp³-hybridized carbons (Fsp3) is 0.0667. The average Bonchev–Trinajstić information content (AvgIpc) is 2.47. The molecule has 2 N–H and O–H groups in total. The highest BCUT2D eigenvalue weighted by atomic mass is 19.1. The van der Waals surface area contributed by atoms with Crippen LogP contribution in [0.15, 0.2) is 42.5 Å². The molecule has 2 rings (SSSR count). The third kappa shape index (κ3) is 3.24. The molecule has 0 amide bonds. The molecule has 0 aliphatic carbocycles. The molecule has 0 heterocycles. The minimum Gasteiger partial charge on any atom is -0.478 e. The van der Waals surface area contributed by atoms with E-state index >= 15 is 0 Å². The Morgan fingerprint density at radius 3 is 2.29 bits per heavy atom. The topological polar surface area (TPSA) is 83.8 Å². The van der Waals surface area contributed by atoms with Gasteiger partial charge in [0.05, 0.1) is 5.56 Å². The van der Waals surface area contributed by atoms with Crippen LogP contribution >= 0.6 is 0 Å². The van der Waals surface area contributed by atoms with E-state index in [4.69, 9.17) is 14.9 Å². The van der Waals surface area contributed by atoms with Crippen molar-refractivity contribution in [1.82, 2.24) is 0 Å². The number of ketones is 1. The maximum atomic E-state index is 12.9. The van der Waals surface area contributed by atoms with Crippen molar-refractivity contribution in [1.29, 1.82) is 0 Å². The van der Waals surface area contributed by atoms with Gasteiger partial charge in [-0.3, -0.25) is 4.79 Å². The van der Waals surface area contributed by atoms with Gasteiger partial charge in [0.15, 0.2) is 12.6 Å². The summed E-state index contributed by atoms with van der Waals surface area (Å²) in [7, 11) is 0. The Morgan fingerprint density at radius 2 is 1.71 bits per heavy atom. The Labute approximate surface area is 119 Å². The van der Waals surface area contributed by atoms with E-state index in [0.717, 1.165) is 18.2 Å². The van der Waals surface area contributed by atoms with E-state index in [2.05, 4.69) is 0 Å². The third-order valence-electron chi connectivity index (χ3n) is 2.80. The first kappa shape index (κ1) is 14.7. The zero-order valence-electron chi connectivity index (χ0n) is 10.7. The fourth-order valence-electron chi connectivity index (χ4n) is 1.82. The maximum absolute atomic E-state index is 12.9. The summed E-state index contributed by atoms with van der Waals surface area (Å²) in [5.41, 5.74) is -0.121. The summed E-state index contributed by atoms with van der Waals surface area (Å²) in [4.78, 5) is 23.5. The minimum atomic E-state index is -1.30. The second-order valence-electron chi connectivity index (χ2n) is 4.12. The molecule has 0 aromatic heterocycles. The Bertz CT molecular complexity index is 679. The molecule has 6 heteroatoms. The minimum absolute atomic E-state index is 0.0422. The summed E-state index contributed by atoms with van der Waals surface area (Å²) < 4.78 is 17.6. The smallest absolute Gasteiger partial charge is 0.336 e. The van der Waals surface area contributed by atoms with Gasteiger partial charge >= 0.3 is 5.97 Å². The summed E-state index contributed by atoms with van der Waals surface area (Å²) >= 11 is 0. The number of carbonyl (C=O) groups excluding carboxylic acids is 1. The first-order valence-corrected chi connectivity index (χ1v) is 5.94. The molecule has 0 unspecified atom stereocenters. The van der Waals surface area contributed by atoms with E-state index < -0.39 is 24.4 Å². The quantitative estimate of drug-likeness (QED) is 0.650. The summed E-state index contributed by atoms with van der Waals surface area (Å²) in [6, 6.07) is 8.62. The molecule has 0 aliphatic heterocycles. The number of halogens is 1. The van der Waals surface area contributed by atoms with Crippen LogP contribution in [0, 0.1) is 5.82 Å². The van der Waals surface area contributed by atoms with Gasteiger partial charge in [0.1, 0.15) is 11.6 Å². The number of hydrogen-bond donors (Lipinski definition) is 2. The molecule has 2 aromatic carbocycles. The van der Waals surface area contributed by atoms with Gasteiger partial charge in [0.25, 0.3) is 0 Å². The SMILES string of the molecule is O=C(O)c1cc(OCO)ccc1C(=O)c1ccc(F)cc1. The first-order chi connectivity index (χ1) is 10.0. The van der Waals surface area contributed by atoms with Gasteiger partial charge in [0, 0.05) is 11.1 Å². The van der Waals surface area contributed by atoms with E-state index in [1.54, 1.807) is 0 Å². The van der Waals surface area contributed by atoms with Crippen molar-refractivity contribution in [2.75, 3.05) is 6.79 Å². The molecule has 0 bridgehead atoms. The molecular weight excluding hydrogens is 279 g/mol. The lowest BCUT2D eigenvalue weighted by atomic mass is 9.98. The number of ether oxygens (including phenoxy) is 1. The Morgan fingerprint density at radius 1 is 1.05 bits per heavy atom. The normalized spacial score (nSPS) is 10.2. The monoisotopic (exact) mass is 290 g/mol. The lowest BCUT2D eigenvalue weighted by Crippen LogP contribution is -2.10. The lowest BCUT2D eigenvalue weighted by Gasteiger charge is -2.08. The third-order valence-corrected chi connectivity index (χ3v) is 2.80. The van der Waals surface area contributed by atoms with Crippen molar-refractivity contribution in [3.63, 3.8) is 0 Å². The highest BCUT2D eigenvalue weighted by Crippen LogP contribution is 2.21. The predicted molar refractivity (Wildman–Crippen MR) is 70.9 cm³/mol. The van der Waals surface area contributed by atoms with Gasteiger partial charge in [-0.25, -0.2) is 9.18 Å². The zero-order valence-corrected chi connectivity index (χ0v) is 10.7. The molecule has 0 aliphatic rings. The standard InChI is InChI=1S/C15H11FO5/c16-10-3-1-9(2-4-10)14(18)12-6-5-11(21-8-17)7-13(12)15(19)20/h1-7,17H,8H2,(H,19,20). The molecule has 21 heavy (non-hydrogen) atoms. The number of aliphatic hydroxyl groups excluding tert-OH is 1. The Balaban J connectivity index is 2.44. The van der Waals surface area contributed by atoms with Crippen LogP contribution in [0.5, 0.6) is 5.75 Å². The van der Waals surface area contributed by atoms with Crippen molar-refractivity contribution in [3.05, 3.63) is 65.0 Å². The molecule has 0 spiro atoms. The summed E-state index contributed by atoms with van der Waals surface area (Å²) in [5.74, 6) is -2.20.